The first-order chi connectivity index (χ1) is 8.00. The molecule has 0 unspecified atom stereocenters. The van der Waals surface area contributed by atoms with Crippen molar-refractivity contribution in [3.63, 3.8) is 0 Å². The molecule has 1 aromatic heterocycles. The van der Waals surface area contributed by atoms with Crippen molar-refractivity contribution in [2.45, 2.75) is 0 Å². The Labute approximate surface area is 93.1 Å². The van der Waals surface area contributed by atoms with E-state index in [4.69, 9.17) is 9.52 Å². The SMILES string of the molecule is O=C(O)c1cc(=O)c2cccc([N+](=O)[O-])c2o1. The van der Waals surface area contributed by atoms with E-state index in [2.05, 4.69) is 0 Å². The Balaban J connectivity index is 2.93. The fourth-order valence-electron chi connectivity index (χ4n) is 1.41. The molecule has 7 nitrogen and oxygen atoms in total. The highest BCUT2D eigenvalue weighted by atomic mass is 16.6. The molecule has 1 aromatic carbocycles. The predicted molar refractivity (Wildman–Crippen MR) is 56.1 cm³/mol. The second-order valence-electron chi connectivity index (χ2n) is 3.19. The molecule has 0 aliphatic carbocycles. The number of nitrogens with zero attached hydrogens (tertiary/aromatic N) is 1. The lowest BCUT2D eigenvalue weighted by molar-refractivity contribution is -0.383. The molecule has 17 heavy (non-hydrogen) atoms. The molecule has 0 saturated heterocycles. The summed E-state index contributed by atoms with van der Waals surface area (Å²) in [6.07, 6.45) is 0. The third-order valence-corrected chi connectivity index (χ3v) is 2.14. The molecule has 2 aromatic rings. The first kappa shape index (κ1) is 10.8. The van der Waals surface area contributed by atoms with Crippen LogP contribution in [0.3, 0.4) is 0 Å². The molecule has 0 radical (unpaired) electrons. The molecule has 2 rings (SSSR count). The first-order valence-electron chi connectivity index (χ1n) is 4.45. The van der Waals surface area contributed by atoms with Crippen LogP contribution in [0.15, 0.2) is 33.5 Å². The van der Waals surface area contributed by atoms with E-state index >= 15 is 0 Å². The van der Waals surface area contributed by atoms with E-state index in [0.29, 0.717) is 0 Å². The summed E-state index contributed by atoms with van der Waals surface area (Å²) in [5.74, 6) is -2.08. The zero-order valence-corrected chi connectivity index (χ0v) is 8.25. The minimum atomic E-state index is -1.46. The van der Waals surface area contributed by atoms with E-state index in [9.17, 15) is 19.7 Å². The number of carboxylic acid groups (broad SMARTS) is 1. The number of para-hydroxylation sites is 1. The predicted octanol–water partition coefficient (Wildman–Crippen LogP) is 1.40. The van der Waals surface area contributed by atoms with Gasteiger partial charge in [0.1, 0.15) is 0 Å². The van der Waals surface area contributed by atoms with Crippen molar-refractivity contribution in [3.8, 4) is 0 Å². The monoisotopic (exact) mass is 235 g/mol. The molecule has 0 saturated carbocycles. The second kappa shape index (κ2) is 3.71. The average molecular weight is 235 g/mol. The minimum Gasteiger partial charge on any atom is -0.475 e. The van der Waals surface area contributed by atoms with Gasteiger partial charge in [-0.05, 0) is 6.07 Å². The molecule has 1 N–H and O–H groups in total. The highest BCUT2D eigenvalue weighted by Crippen LogP contribution is 2.23. The molecule has 0 bridgehead atoms. The number of nitro groups is 1. The highest BCUT2D eigenvalue weighted by Gasteiger charge is 2.18. The third kappa shape index (κ3) is 1.73. The number of carboxylic acids is 1. The molecular weight excluding hydrogens is 230 g/mol. The van der Waals surface area contributed by atoms with Gasteiger partial charge in [0.05, 0.1) is 10.3 Å². The van der Waals surface area contributed by atoms with E-state index in [1.807, 2.05) is 0 Å². The molecule has 7 heteroatoms. The van der Waals surface area contributed by atoms with Crippen LogP contribution < -0.4 is 5.43 Å². The quantitative estimate of drug-likeness (QED) is 0.622. The summed E-state index contributed by atoms with van der Waals surface area (Å²) < 4.78 is 4.86. The van der Waals surface area contributed by atoms with Gasteiger partial charge in [0.25, 0.3) is 0 Å². The van der Waals surface area contributed by atoms with Crippen LogP contribution in [0.1, 0.15) is 10.6 Å². The van der Waals surface area contributed by atoms with E-state index in [1.54, 1.807) is 0 Å². The number of aromatic carboxylic acids is 1. The Morgan fingerprint density at radius 1 is 1.41 bits per heavy atom. The van der Waals surface area contributed by atoms with Crippen LogP contribution in [0.2, 0.25) is 0 Å². The van der Waals surface area contributed by atoms with Gasteiger partial charge in [-0.15, -0.1) is 0 Å². The van der Waals surface area contributed by atoms with Crippen molar-refractivity contribution in [2.75, 3.05) is 0 Å². The average Bonchev–Trinajstić information content (AvgIpc) is 2.27. The van der Waals surface area contributed by atoms with Crippen molar-refractivity contribution in [2.24, 2.45) is 0 Å². The van der Waals surface area contributed by atoms with E-state index in [-0.39, 0.29) is 11.0 Å². The number of benzene rings is 1. The second-order valence-corrected chi connectivity index (χ2v) is 3.19. The van der Waals surface area contributed by atoms with E-state index < -0.39 is 27.8 Å². The molecule has 0 aliphatic rings. The normalized spacial score (nSPS) is 10.4. The van der Waals surface area contributed by atoms with Gasteiger partial charge in [0, 0.05) is 12.1 Å². The molecule has 0 amide bonds. The zero-order chi connectivity index (χ0) is 12.6. The maximum atomic E-state index is 11.5. The minimum absolute atomic E-state index is 0.0239. The van der Waals surface area contributed by atoms with Crippen LogP contribution in [-0.4, -0.2) is 16.0 Å². The third-order valence-electron chi connectivity index (χ3n) is 2.14. The number of non-ortho nitro benzene ring substituents is 1. The lowest BCUT2D eigenvalue weighted by Crippen LogP contribution is -2.07. The highest BCUT2D eigenvalue weighted by molar-refractivity contribution is 5.90. The standard InChI is InChI=1S/C10H5NO6/c12-7-4-8(10(13)14)17-9-5(7)2-1-3-6(9)11(15)16/h1-4H,(H,13,14). The Morgan fingerprint density at radius 2 is 2.12 bits per heavy atom. The van der Waals surface area contributed by atoms with Crippen LogP contribution in [0.25, 0.3) is 11.0 Å². The fraction of sp³-hybridized carbons (Fsp3) is 0. The van der Waals surface area contributed by atoms with Crippen LogP contribution in [0.4, 0.5) is 5.69 Å². The first-order valence-corrected chi connectivity index (χ1v) is 4.45. The summed E-state index contributed by atoms with van der Waals surface area (Å²) in [4.78, 5) is 32.2. The number of carbonyl (C=O) groups is 1. The molecule has 0 fully saturated rings. The van der Waals surface area contributed by atoms with Gasteiger partial charge in [-0.25, -0.2) is 4.79 Å². The summed E-state index contributed by atoms with van der Waals surface area (Å²) in [5, 5.41) is 19.4. The van der Waals surface area contributed by atoms with Gasteiger partial charge >= 0.3 is 11.7 Å². The molecule has 0 atom stereocenters. The van der Waals surface area contributed by atoms with Crippen LogP contribution in [0, 0.1) is 10.1 Å². The van der Waals surface area contributed by atoms with Crippen molar-refractivity contribution >= 4 is 22.6 Å². The van der Waals surface area contributed by atoms with Gasteiger partial charge in [0.2, 0.25) is 11.3 Å². The van der Waals surface area contributed by atoms with Gasteiger partial charge in [-0.1, -0.05) is 6.07 Å². The lowest BCUT2D eigenvalue weighted by atomic mass is 10.2. The lowest BCUT2D eigenvalue weighted by Gasteiger charge is -1.99. The number of rotatable bonds is 2. The molecule has 0 aliphatic heterocycles. The van der Waals surface area contributed by atoms with Crippen molar-refractivity contribution < 1.29 is 19.2 Å². The van der Waals surface area contributed by atoms with Crippen molar-refractivity contribution in [3.05, 3.63) is 50.4 Å². The van der Waals surface area contributed by atoms with Gasteiger partial charge in [-0.2, -0.15) is 0 Å². The van der Waals surface area contributed by atoms with Gasteiger partial charge in [0.15, 0.2) is 5.43 Å². The van der Waals surface area contributed by atoms with Crippen LogP contribution in [0.5, 0.6) is 0 Å². The number of nitro benzene ring substituents is 1. The van der Waals surface area contributed by atoms with E-state index in [1.165, 1.54) is 12.1 Å². The van der Waals surface area contributed by atoms with E-state index in [0.717, 1.165) is 12.1 Å². The maximum Gasteiger partial charge on any atom is 0.371 e. The number of hydrogen-bond acceptors (Lipinski definition) is 5. The smallest absolute Gasteiger partial charge is 0.371 e. The Bertz CT molecular complexity index is 687. The zero-order valence-electron chi connectivity index (χ0n) is 8.25. The summed E-state index contributed by atoms with van der Waals surface area (Å²) >= 11 is 0. The van der Waals surface area contributed by atoms with Crippen molar-refractivity contribution in [1.29, 1.82) is 0 Å². The van der Waals surface area contributed by atoms with Crippen LogP contribution >= 0.6 is 0 Å². The Kier molecular flexibility index (Phi) is 2.36. The summed E-state index contributed by atoms with van der Waals surface area (Å²) in [5.41, 5.74) is -1.41. The topological polar surface area (TPSA) is 111 Å². The number of fused-ring (bicyclic) bond motifs is 1. The maximum absolute atomic E-state index is 11.5. The van der Waals surface area contributed by atoms with Crippen LogP contribution in [-0.2, 0) is 0 Å². The number of hydrogen-bond donors (Lipinski definition) is 1. The molecule has 86 valence electrons. The Morgan fingerprint density at radius 3 is 2.71 bits per heavy atom. The Hall–Kier alpha value is -2.70. The summed E-state index contributed by atoms with van der Waals surface area (Å²) in [7, 11) is 0. The van der Waals surface area contributed by atoms with Gasteiger partial charge < -0.3 is 9.52 Å². The summed E-state index contributed by atoms with van der Waals surface area (Å²) in [6.45, 7) is 0. The summed E-state index contributed by atoms with van der Waals surface area (Å²) in [6, 6.07) is 4.59. The largest absolute Gasteiger partial charge is 0.475 e. The molecular formula is C10H5NO6. The molecule has 1 heterocycles. The van der Waals surface area contributed by atoms with Crippen molar-refractivity contribution in [1.82, 2.24) is 0 Å². The molecule has 0 spiro atoms. The van der Waals surface area contributed by atoms with Gasteiger partial charge in [-0.3, -0.25) is 14.9 Å². The fourth-order valence-corrected chi connectivity index (χ4v) is 1.41.